The third-order valence-electron chi connectivity index (χ3n) is 2.49. The number of hydrazine groups is 1. The Morgan fingerprint density at radius 3 is 2.79 bits per heavy atom. The average Bonchev–Trinajstić information content (AvgIpc) is 2.40. The number of nitrogens with zero attached hydrogens (tertiary/aromatic N) is 2. The van der Waals surface area contributed by atoms with Crippen LogP contribution in [0.4, 0.5) is 5.82 Å². The first kappa shape index (κ1) is 13.9. The van der Waals surface area contributed by atoms with Gasteiger partial charge in [0.15, 0.2) is 5.82 Å². The number of rotatable bonds is 5. The van der Waals surface area contributed by atoms with Crippen molar-refractivity contribution in [3.8, 4) is 0 Å². The molecule has 0 aliphatic carbocycles. The molecule has 0 saturated carbocycles. The van der Waals surface area contributed by atoms with Crippen molar-refractivity contribution in [3.05, 3.63) is 51.9 Å². The lowest BCUT2D eigenvalue weighted by atomic mass is 10.2. The van der Waals surface area contributed by atoms with Gasteiger partial charge < -0.3 is 10.2 Å². The Morgan fingerprint density at radius 1 is 1.26 bits per heavy atom. The summed E-state index contributed by atoms with van der Waals surface area (Å²) in [5.41, 5.74) is 4.45. The van der Waals surface area contributed by atoms with Crippen LogP contribution in [0.3, 0.4) is 0 Å². The molecule has 0 aliphatic heterocycles. The standard InChI is InChI=1S/C13H15BrN4O/c1-9-6-12(18-15)17-13(16-9)8-19-7-10-4-2-3-5-11(10)14/h2-6H,7-8,15H2,1H3,(H,16,17,18). The first-order valence-corrected chi connectivity index (χ1v) is 6.60. The van der Waals surface area contributed by atoms with Gasteiger partial charge in [-0.05, 0) is 18.6 Å². The van der Waals surface area contributed by atoms with Crippen molar-refractivity contribution in [2.24, 2.45) is 5.84 Å². The lowest BCUT2D eigenvalue weighted by Gasteiger charge is -2.07. The molecule has 1 heterocycles. The number of aryl methyl sites for hydroxylation is 1. The summed E-state index contributed by atoms with van der Waals surface area (Å²) in [6, 6.07) is 9.71. The minimum absolute atomic E-state index is 0.345. The quantitative estimate of drug-likeness (QED) is 0.653. The van der Waals surface area contributed by atoms with Crippen LogP contribution in [-0.2, 0) is 18.0 Å². The van der Waals surface area contributed by atoms with Crippen molar-refractivity contribution in [2.45, 2.75) is 20.1 Å². The zero-order valence-corrected chi connectivity index (χ0v) is 12.1. The number of ether oxygens (including phenoxy) is 1. The molecule has 0 aliphatic rings. The fourth-order valence-corrected chi connectivity index (χ4v) is 2.04. The molecule has 5 nitrogen and oxygen atoms in total. The normalized spacial score (nSPS) is 10.5. The molecule has 100 valence electrons. The average molecular weight is 323 g/mol. The number of anilines is 1. The van der Waals surface area contributed by atoms with E-state index in [4.69, 9.17) is 10.6 Å². The van der Waals surface area contributed by atoms with Gasteiger partial charge in [0.05, 0.1) is 6.61 Å². The third-order valence-corrected chi connectivity index (χ3v) is 3.27. The van der Waals surface area contributed by atoms with Crippen LogP contribution in [0.2, 0.25) is 0 Å². The zero-order valence-electron chi connectivity index (χ0n) is 10.6. The van der Waals surface area contributed by atoms with Gasteiger partial charge in [-0.2, -0.15) is 0 Å². The Morgan fingerprint density at radius 2 is 2.05 bits per heavy atom. The number of nitrogens with two attached hydrogens (primary N) is 1. The van der Waals surface area contributed by atoms with E-state index in [1.54, 1.807) is 6.07 Å². The number of benzene rings is 1. The molecule has 0 atom stereocenters. The molecular formula is C13H15BrN4O. The van der Waals surface area contributed by atoms with Gasteiger partial charge in [-0.25, -0.2) is 15.8 Å². The van der Waals surface area contributed by atoms with Crippen molar-refractivity contribution in [1.82, 2.24) is 9.97 Å². The SMILES string of the molecule is Cc1cc(NN)nc(COCc2ccccc2Br)n1. The van der Waals surface area contributed by atoms with E-state index in [1.807, 2.05) is 31.2 Å². The van der Waals surface area contributed by atoms with E-state index in [-0.39, 0.29) is 0 Å². The summed E-state index contributed by atoms with van der Waals surface area (Å²) in [5, 5.41) is 0. The van der Waals surface area contributed by atoms with Crippen LogP contribution in [0.15, 0.2) is 34.8 Å². The smallest absolute Gasteiger partial charge is 0.156 e. The lowest BCUT2D eigenvalue weighted by molar-refractivity contribution is 0.101. The predicted molar refractivity (Wildman–Crippen MR) is 77.2 cm³/mol. The van der Waals surface area contributed by atoms with Gasteiger partial charge in [-0.1, -0.05) is 34.1 Å². The highest BCUT2D eigenvalue weighted by Crippen LogP contribution is 2.17. The van der Waals surface area contributed by atoms with Crippen LogP contribution < -0.4 is 11.3 Å². The molecule has 2 aromatic rings. The number of hydrogen-bond acceptors (Lipinski definition) is 5. The maximum atomic E-state index is 5.62. The second-order valence-corrected chi connectivity index (χ2v) is 4.89. The highest BCUT2D eigenvalue weighted by Gasteiger charge is 2.03. The fraction of sp³-hybridized carbons (Fsp3) is 0.231. The number of aromatic nitrogens is 2. The summed E-state index contributed by atoms with van der Waals surface area (Å²) in [7, 11) is 0. The van der Waals surface area contributed by atoms with Crippen molar-refractivity contribution in [1.29, 1.82) is 0 Å². The van der Waals surface area contributed by atoms with E-state index in [1.165, 1.54) is 0 Å². The second kappa shape index (κ2) is 6.60. The van der Waals surface area contributed by atoms with E-state index >= 15 is 0 Å². The van der Waals surface area contributed by atoms with Crippen LogP contribution in [0.1, 0.15) is 17.1 Å². The molecule has 1 aromatic carbocycles. The monoisotopic (exact) mass is 322 g/mol. The molecule has 0 fully saturated rings. The van der Waals surface area contributed by atoms with E-state index in [0.29, 0.717) is 24.9 Å². The summed E-state index contributed by atoms with van der Waals surface area (Å²) in [4.78, 5) is 8.51. The van der Waals surface area contributed by atoms with Crippen molar-refractivity contribution in [3.63, 3.8) is 0 Å². The molecule has 1 aromatic heterocycles. The van der Waals surface area contributed by atoms with Gasteiger partial charge in [-0.15, -0.1) is 0 Å². The molecule has 0 saturated heterocycles. The topological polar surface area (TPSA) is 73.1 Å². The molecule has 0 radical (unpaired) electrons. The summed E-state index contributed by atoms with van der Waals surface area (Å²) < 4.78 is 6.65. The first-order chi connectivity index (χ1) is 9.19. The number of nitrogens with one attached hydrogen (secondary N) is 1. The van der Waals surface area contributed by atoms with Crippen LogP contribution in [0.5, 0.6) is 0 Å². The van der Waals surface area contributed by atoms with E-state index in [2.05, 4.69) is 31.3 Å². The van der Waals surface area contributed by atoms with Crippen LogP contribution in [-0.4, -0.2) is 9.97 Å². The van der Waals surface area contributed by atoms with Crippen molar-refractivity contribution < 1.29 is 4.74 Å². The third kappa shape index (κ3) is 3.99. The predicted octanol–water partition coefficient (Wildman–Crippen LogP) is 2.55. The van der Waals surface area contributed by atoms with Crippen LogP contribution in [0, 0.1) is 6.92 Å². The summed E-state index contributed by atoms with van der Waals surface area (Å²) in [6.07, 6.45) is 0. The minimum atomic E-state index is 0.345. The van der Waals surface area contributed by atoms with Crippen molar-refractivity contribution >= 4 is 21.7 Å². The maximum absolute atomic E-state index is 5.62. The Labute approximate surface area is 120 Å². The molecule has 6 heteroatoms. The summed E-state index contributed by atoms with van der Waals surface area (Å²) in [6.45, 7) is 2.74. The van der Waals surface area contributed by atoms with E-state index < -0.39 is 0 Å². The van der Waals surface area contributed by atoms with Gasteiger partial charge in [0.1, 0.15) is 12.4 Å². The van der Waals surface area contributed by atoms with Crippen LogP contribution >= 0.6 is 15.9 Å². The van der Waals surface area contributed by atoms with Crippen molar-refractivity contribution in [2.75, 3.05) is 5.43 Å². The Kier molecular flexibility index (Phi) is 4.84. The first-order valence-electron chi connectivity index (χ1n) is 5.81. The lowest BCUT2D eigenvalue weighted by Crippen LogP contribution is -2.11. The van der Waals surface area contributed by atoms with E-state index in [9.17, 15) is 0 Å². The van der Waals surface area contributed by atoms with Gasteiger partial charge in [0, 0.05) is 16.2 Å². The minimum Gasteiger partial charge on any atom is -0.369 e. The number of hydrogen-bond donors (Lipinski definition) is 2. The second-order valence-electron chi connectivity index (χ2n) is 4.04. The molecule has 0 unspecified atom stereocenters. The van der Waals surface area contributed by atoms with Gasteiger partial charge >= 0.3 is 0 Å². The molecule has 3 N–H and O–H groups in total. The highest BCUT2D eigenvalue weighted by molar-refractivity contribution is 9.10. The fourth-order valence-electron chi connectivity index (χ4n) is 1.64. The van der Waals surface area contributed by atoms with Gasteiger partial charge in [-0.3, -0.25) is 0 Å². The molecule has 0 bridgehead atoms. The van der Waals surface area contributed by atoms with Gasteiger partial charge in [0.2, 0.25) is 0 Å². The van der Waals surface area contributed by atoms with E-state index in [0.717, 1.165) is 15.7 Å². The highest BCUT2D eigenvalue weighted by atomic mass is 79.9. The Hall–Kier alpha value is -1.50. The molecular weight excluding hydrogens is 308 g/mol. The molecule has 19 heavy (non-hydrogen) atoms. The van der Waals surface area contributed by atoms with Crippen LogP contribution in [0.25, 0.3) is 0 Å². The molecule has 0 spiro atoms. The molecule has 0 amide bonds. The zero-order chi connectivity index (χ0) is 13.7. The Bertz CT molecular complexity index is 562. The number of nitrogen functional groups attached to an aromatic ring is 1. The number of halogens is 1. The summed E-state index contributed by atoms with van der Waals surface area (Å²) in [5.74, 6) is 6.54. The largest absolute Gasteiger partial charge is 0.369 e. The molecule has 2 rings (SSSR count). The summed E-state index contributed by atoms with van der Waals surface area (Å²) >= 11 is 3.48. The maximum Gasteiger partial charge on any atom is 0.156 e. The van der Waals surface area contributed by atoms with Gasteiger partial charge in [0.25, 0.3) is 0 Å². The Balaban J connectivity index is 1.96.